The van der Waals surface area contributed by atoms with Crippen molar-refractivity contribution in [2.45, 2.75) is 90.1 Å². The Morgan fingerprint density at radius 2 is 1.86 bits per heavy atom. The summed E-state index contributed by atoms with van der Waals surface area (Å²) in [7, 11) is 1.79. The number of fused-ring (bicyclic) bond motifs is 1. The van der Waals surface area contributed by atoms with Gasteiger partial charge in [-0.1, -0.05) is 4.68 Å². The molecule has 43 heavy (non-hydrogen) atoms. The molecule has 1 N–H and O–H groups in total. The van der Waals surface area contributed by atoms with Crippen LogP contribution < -0.4 is 4.90 Å². The number of amidine groups is 1. The lowest BCUT2D eigenvalue weighted by Gasteiger charge is -2.41. The summed E-state index contributed by atoms with van der Waals surface area (Å²) in [6, 6.07) is 3.58. The maximum absolute atomic E-state index is 14.5. The predicted molar refractivity (Wildman–Crippen MR) is 161 cm³/mol. The number of aliphatic hydroxyl groups is 1. The fourth-order valence-electron chi connectivity index (χ4n) is 8.00. The molecule has 0 radical (unpaired) electrons. The molecule has 1 aromatic heterocycles. The van der Waals surface area contributed by atoms with E-state index in [1.54, 1.807) is 37.1 Å². The van der Waals surface area contributed by atoms with E-state index in [0.717, 1.165) is 99.0 Å². The number of aromatic nitrogens is 2. The molecule has 0 unspecified atom stereocenters. The van der Waals surface area contributed by atoms with Gasteiger partial charge in [0.15, 0.2) is 5.71 Å². The Morgan fingerprint density at radius 3 is 2.53 bits per heavy atom. The van der Waals surface area contributed by atoms with Gasteiger partial charge in [-0.2, -0.15) is 5.10 Å². The van der Waals surface area contributed by atoms with Crippen LogP contribution in [0.25, 0.3) is 11.1 Å². The summed E-state index contributed by atoms with van der Waals surface area (Å²) in [4.78, 5) is 16.5. The first-order valence-corrected chi connectivity index (χ1v) is 15.8. The third-order valence-electron chi connectivity index (χ3n) is 10.6. The number of hydrazone groups is 1. The van der Waals surface area contributed by atoms with Gasteiger partial charge in [-0.15, -0.1) is 0 Å². The maximum atomic E-state index is 14.5. The molecule has 0 bridgehead atoms. The van der Waals surface area contributed by atoms with Crippen molar-refractivity contribution in [3.8, 4) is 11.1 Å². The number of benzene rings is 1. The molecule has 7 rings (SSSR count). The van der Waals surface area contributed by atoms with Crippen LogP contribution in [0.5, 0.6) is 0 Å². The molecule has 1 spiro atoms. The van der Waals surface area contributed by atoms with Crippen molar-refractivity contribution in [3.05, 3.63) is 46.9 Å². The quantitative estimate of drug-likeness (QED) is 0.464. The minimum atomic E-state index is -2.63. The molecular weight excluding hydrogens is 550 g/mol. The van der Waals surface area contributed by atoms with Crippen molar-refractivity contribution >= 4 is 23.1 Å². The summed E-state index contributed by atoms with van der Waals surface area (Å²) >= 11 is 0. The number of carbonyl (C=O) groups excluding carboxylic acids is 1. The zero-order valence-corrected chi connectivity index (χ0v) is 25.2. The summed E-state index contributed by atoms with van der Waals surface area (Å²) < 4.78 is 32.9. The first-order chi connectivity index (χ1) is 20.7. The number of halogens is 2. The topological polar surface area (TPSA) is 77.0 Å². The van der Waals surface area contributed by atoms with Crippen molar-refractivity contribution in [2.75, 3.05) is 24.5 Å². The summed E-state index contributed by atoms with van der Waals surface area (Å²) in [5.74, 6) is 0.834. The molecule has 4 heterocycles. The number of aliphatic hydroxyl groups excluding tert-OH is 1. The van der Waals surface area contributed by atoms with Crippen molar-refractivity contribution < 1.29 is 23.4 Å². The van der Waals surface area contributed by atoms with E-state index < -0.39 is 6.43 Å². The minimum absolute atomic E-state index is 0.00173. The fraction of sp³-hybridized carbons (Fsp3) is 0.576. The SMILES string of the molecule is CC(=O)N1CCC2=C(C1)C(N1CCCc3cc(-c4cnn(C)c4)c(C(F)F)cc31)=N[N+]2=C1CCC2(CC1)CCC(O)CC2. The van der Waals surface area contributed by atoms with Crippen molar-refractivity contribution in [1.29, 1.82) is 0 Å². The Bertz CT molecular complexity index is 1540. The zero-order valence-electron chi connectivity index (χ0n) is 25.2. The number of rotatable bonds is 2. The molecule has 3 aliphatic heterocycles. The number of nitrogens with zero attached hydrogens (tertiary/aromatic N) is 6. The third-order valence-corrected chi connectivity index (χ3v) is 10.6. The second-order valence-electron chi connectivity index (χ2n) is 13.2. The maximum Gasteiger partial charge on any atom is 0.264 e. The third kappa shape index (κ3) is 5.11. The van der Waals surface area contributed by atoms with Crippen LogP contribution in [-0.2, 0) is 18.3 Å². The zero-order chi connectivity index (χ0) is 29.9. The highest BCUT2D eigenvalue weighted by Crippen LogP contribution is 2.47. The lowest BCUT2D eigenvalue weighted by molar-refractivity contribution is -0.485. The van der Waals surface area contributed by atoms with E-state index in [-0.39, 0.29) is 17.6 Å². The highest BCUT2D eigenvalue weighted by atomic mass is 19.3. The second kappa shape index (κ2) is 10.9. The predicted octanol–water partition coefficient (Wildman–Crippen LogP) is 5.56. The Morgan fingerprint density at radius 1 is 1.09 bits per heavy atom. The molecule has 5 aliphatic rings. The molecule has 10 heteroatoms. The molecular formula is C33H41F2N6O2+. The number of hydrogen-bond acceptors (Lipinski definition) is 5. The van der Waals surface area contributed by atoms with Crippen molar-refractivity contribution in [3.63, 3.8) is 0 Å². The van der Waals surface area contributed by atoms with Gasteiger partial charge in [-0.05, 0) is 80.0 Å². The number of anilines is 1. The lowest BCUT2D eigenvalue weighted by atomic mass is 9.64. The van der Waals surface area contributed by atoms with Gasteiger partial charge in [-0.25, -0.2) is 8.78 Å². The average molecular weight is 592 g/mol. The van der Waals surface area contributed by atoms with Gasteiger partial charge < -0.3 is 14.9 Å². The van der Waals surface area contributed by atoms with E-state index in [2.05, 4.69) is 14.7 Å². The van der Waals surface area contributed by atoms with Crippen molar-refractivity contribution in [1.82, 2.24) is 14.7 Å². The normalized spacial score (nSPS) is 25.9. The Balaban J connectivity index is 1.28. The van der Waals surface area contributed by atoms with E-state index in [0.29, 0.717) is 36.2 Å². The summed E-state index contributed by atoms with van der Waals surface area (Å²) in [6.45, 7) is 3.43. The van der Waals surface area contributed by atoms with Gasteiger partial charge in [0.25, 0.3) is 6.43 Å². The monoisotopic (exact) mass is 591 g/mol. The van der Waals surface area contributed by atoms with Gasteiger partial charge in [0.05, 0.1) is 30.8 Å². The van der Waals surface area contributed by atoms with E-state index in [1.807, 2.05) is 11.0 Å². The minimum Gasteiger partial charge on any atom is -0.393 e. The first-order valence-electron chi connectivity index (χ1n) is 15.8. The van der Waals surface area contributed by atoms with Gasteiger partial charge in [0, 0.05) is 68.0 Å². The molecule has 228 valence electrons. The van der Waals surface area contributed by atoms with E-state index in [9.17, 15) is 18.7 Å². The molecule has 0 atom stereocenters. The van der Waals surface area contributed by atoms with Gasteiger partial charge in [-0.3, -0.25) is 9.48 Å². The number of amides is 1. The van der Waals surface area contributed by atoms with Crippen LogP contribution in [0.4, 0.5) is 14.5 Å². The van der Waals surface area contributed by atoms with Crippen LogP contribution in [0.15, 0.2) is 40.9 Å². The van der Waals surface area contributed by atoms with Crippen LogP contribution >= 0.6 is 0 Å². The molecule has 8 nitrogen and oxygen atoms in total. The van der Waals surface area contributed by atoms with Gasteiger partial charge in [0.2, 0.25) is 17.4 Å². The highest BCUT2D eigenvalue weighted by Gasteiger charge is 2.45. The second-order valence-corrected chi connectivity index (χ2v) is 13.2. The summed E-state index contributed by atoms with van der Waals surface area (Å²) in [6.07, 6.45) is 11.2. The molecule has 0 saturated heterocycles. The molecule has 2 aliphatic carbocycles. The Hall–Kier alpha value is -3.40. The largest absolute Gasteiger partial charge is 0.393 e. The Labute approximate surface area is 251 Å². The van der Waals surface area contributed by atoms with Crippen LogP contribution in [0, 0.1) is 5.41 Å². The lowest BCUT2D eigenvalue weighted by Crippen LogP contribution is -2.42. The summed E-state index contributed by atoms with van der Waals surface area (Å²) in [5.41, 5.74) is 6.88. The Kier molecular flexibility index (Phi) is 7.22. The number of carbonyl (C=O) groups is 1. The molecule has 1 aromatic carbocycles. The van der Waals surface area contributed by atoms with Gasteiger partial charge >= 0.3 is 0 Å². The van der Waals surface area contributed by atoms with Gasteiger partial charge in [0.1, 0.15) is 0 Å². The van der Waals surface area contributed by atoms with Crippen LogP contribution in [0.1, 0.15) is 88.7 Å². The molecule has 2 saturated carbocycles. The average Bonchev–Trinajstić information content (AvgIpc) is 3.61. The number of hydrogen-bond donors (Lipinski definition) is 1. The van der Waals surface area contributed by atoms with Crippen molar-refractivity contribution in [2.24, 2.45) is 17.6 Å². The molecule has 2 fully saturated rings. The summed E-state index contributed by atoms with van der Waals surface area (Å²) in [5, 5.41) is 19.5. The molecule has 2 aromatic rings. The van der Waals surface area contributed by atoms with Crippen LogP contribution in [0.3, 0.4) is 0 Å². The van der Waals surface area contributed by atoms with E-state index in [1.165, 1.54) is 5.71 Å². The highest BCUT2D eigenvalue weighted by molar-refractivity contribution is 6.12. The number of alkyl halides is 2. The number of aryl methyl sites for hydroxylation is 2. The van der Waals surface area contributed by atoms with Crippen LogP contribution in [-0.4, -0.2) is 67.7 Å². The smallest absolute Gasteiger partial charge is 0.264 e. The van der Waals surface area contributed by atoms with E-state index >= 15 is 0 Å². The molecule has 1 amide bonds. The van der Waals surface area contributed by atoms with E-state index in [4.69, 9.17) is 5.10 Å². The van der Waals surface area contributed by atoms with Crippen LogP contribution in [0.2, 0.25) is 0 Å². The fourth-order valence-corrected chi connectivity index (χ4v) is 8.00. The first kappa shape index (κ1) is 28.4. The standard InChI is InChI=1S/C33H41F2N6O2/c1-21(42)39-15-9-29-28(20-39)32(37-41(29)24-5-10-33(11-6-24)12-7-25(43)8-13-33)40-14-3-4-22-16-26(23-18-36-38(2)19-23)27(31(34)35)17-30(22)40/h16-19,25,31,43H,3-15,20H2,1-2H3/q+1.